The van der Waals surface area contributed by atoms with Gasteiger partial charge in [0.1, 0.15) is 5.82 Å². The lowest BCUT2D eigenvalue weighted by atomic mass is 9.80. The van der Waals surface area contributed by atoms with Gasteiger partial charge in [-0.25, -0.2) is 4.98 Å². The monoisotopic (exact) mass is 234 g/mol. The highest BCUT2D eigenvalue weighted by Crippen LogP contribution is 2.29. The average molecular weight is 234 g/mol. The number of fused-ring (bicyclic) bond motifs is 1. The van der Waals surface area contributed by atoms with Crippen molar-refractivity contribution in [1.82, 2.24) is 9.97 Å². The van der Waals surface area contributed by atoms with E-state index in [0.717, 1.165) is 18.8 Å². The number of hydrogen-bond acceptors (Lipinski definition) is 1. The van der Waals surface area contributed by atoms with E-state index in [-0.39, 0.29) is 0 Å². The molecular weight excluding hydrogens is 208 g/mol. The SMILES string of the molecule is CC1CCc2nc(CC(C)C(C)(C)C)[nH]c2C1. The van der Waals surface area contributed by atoms with Crippen molar-refractivity contribution in [2.24, 2.45) is 17.3 Å². The first-order valence-electron chi connectivity index (χ1n) is 6.93. The van der Waals surface area contributed by atoms with Crippen molar-refractivity contribution >= 4 is 0 Å². The molecule has 2 nitrogen and oxygen atoms in total. The molecule has 2 atom stereocenters. The van der Waals surface area contributed by atoms with Crippen molar-refractivity contribution in [3.05, 3.63) is 17.2 Å². The fraction of sp³-hybridized carbons (Fsp3) is 0.800. The summed E-state index contributed by atoms with van der Waals surface area (Å²) in [7, 11) is 0. The van der Waals surface area contributed by atoms with Gasteiger partial charge in [-0.3, -0.25) is 0 Å². The lowest BCUT2D eigenvalue weighted by Crippen LogP contribution is -2.19. The van der Waals surface area contributed by atoms with Crippen molar-refractivity contribution in [2.75, 3.05) is 0 Å². The Bertz CT molecular complexity index is 384. The fourth-order valence-corrected chi connectivity index (χ4v) is 2.41. The molecule has 0 saturated heterocycles. The Hall–Kier alpha value is -0.790. The van der Waals surface area contributed by atoms with Gasteiger partial charge >= 0.3 is 0 Å². The highest BCUT2D eigenvalue weighted by molar-refractivity contribution is 5.18. The number of hydrogen-bond donors (Lipinski definition) is 1. The largest absolute Gasteiger partial charge is 0.346 e. The number of aryl methyl sites for hydroxylation is 1. The summed E-state index contributed by atoms with van der Waals surface area (Å²) in [5, 5.41) is 0. The topological polar surface area (TPSA) is 28.7 Å². The molecule has 1 aliphatic rings. The van der Waals surface area contributed by atoms with Gasteiger partial charge in [-0.1, -0.05) is 34.6 Å². The molecule has 1 heterocycles. The van der Waals surface area contributed by atoms with Crippen LogP contribution in [0.1, 0.15) is 58.3 Å². The number of imidazole rings is 1. The Morgan fingerprint density at radius 3 is 2.76 bits per heavy atom. The summed E-state index contributed by atoms with van der Waals surface area (Å²) in [6.07, 6.45) is 4.72. The van der Waals surface area contributed by atoms with Crippen LogP contribution in [0.15, 0.2) is 0 Å². The molecule has 0 fully saturated rings. The normalized spacial score (nSPS) is 22.3. The van der Waals surface area contributed by atoms with Crippen LogP contribution in [0.5, 0.6) is 0 Å². The van der Waals surface area contributed by atoms with E-state index in [0.29, 0.717) is 11.3 Å². The number of aromatic nitrogens is 2. The molecule has 0 spiro atoms. The summed E-state index contributed by atoms with van der Waals surface area (Å²) in [6, 6.07) is 0. The van der Waals surface area contributed by atoms with Crippen molar-refractivity contribution in [2.45, 2.75) is 60.3 Å². The Morgan fingerprint density at radius 2 is 2.12 bits per heavy atom. The summed E-state index contributed by atoms with van der Waals surface area (Å²) in [5.74, 6) is 2.68. The van der Waals surface area contributed by atoms with Gasteiger partial charge < -0.3 is 4.98 Å². The molecule has 1 aromatic heterocycles. The van der Waals surface area contributed by atoms with E-state index in [2.05, 4.69) is 39.6 Å². The average Bonchev–Trinajstić information content (AvgIpc) is 2.57. The maximum absolute atomic E-state index is 4.78. The number of aromatic amines is 1. The zero-order valence-electron chi connectivity index (χ0n) is 11.9. The van der Waals surface area contributed by atoms with E-state index in [4.69, 9.17) is 4.98 Å². The predicted molar refractivity (Wildman–Crippen MR) is 72.1 cm³/mol. The van der Waals surface area contributed by atoms with Crippen LogP contribution in [0, 0.1) is 17.3 Å². The second-order valence-electron chi connectivity index (χ2n) is 6.93. The molecule has 2 unspecified atom stereocenters. The van der Waals surface area contributed by atoms with Gasteiger partial charge in [0.25, 0.3) is 0 Å². The van der Waals surface area contributed by atoms with E-state index >= 15 is 0 Å². The van der Waals surface area contributed by atoms with Crippen LogP contribution < -0.4 is 0 Å². The number of nitrogens with one attached hydrogen (secondary N) is 1. The number of nitrogens with zero attached hydrogens (tertiary/aromatic N) is 1. The highest BCUT2D eigenvalue weighted by atomic mass is 14.9. The molecule has 2 heteroatoms. The Kier molecular flexibility index (Phi) is 3.33. The van der Waals surface area contributed by atoms with E-state index < -0.39 is 0 Å². The van der Waals surface area contributed by atoms with Crippen molar-refractivity contribution in [1.29, 1.82) is 0 Å². The van der Waals surface area contributed by atoms with Gasteiger partial charge in [-0.05, 0) is 36.5 Å². The molecule has 0 amide bonds. The minimum atomic E-state index is 0.362. The number of rotatable bonds is 2. The van der Waals surface area contributed by atoms with Gasteiger partial charge in [0.05, 0.1) is 5.69 Å². The molecule has 2 rings (SSSR count). The third-order valence-electron chi connectivity index (χ3n) is 4.32. The van der Waals surface area contributed by atoms with Gasteiger partial charge in [-0.2, -0.15) is 0 Å². The van der Waals surface area contributed by atoms with E-state index in [9.17, 15) is 0 Å². The summed E-state index contributed by atoms with van der Waals surface area (Å²) >= 11 is 0. The maximum Gasteiger partial charge on any atom is 0.106 e. The molecule has 1 aliphatic carbocycles. The molecule has 0 bridgehead atoms. The minimum absolute atomic E-state index is 0.362. The third kappa shape index (κ3) is 2.91. The van der Waals surface area contributed by atoms with E-state index in [1.165, 1.54) is 30.1 Å². The molecule has 17 heavy (non-hydrogen) atoms. The first kappa shape index (κ1) is 12.7. The van der Waals surface area contributed by atoms with E-state index in [1.807, 2.05) is 0 Å². The molecule has 0 saturated carbocycles. The Balaban J connectivity index is 2.09. The molecule has 96 valence electrons. The van der Waals surface area contributed by atoms with Gasteiger partial charge in [0, 0.05) is 12.1 Å². The second-order valence-corrected chi connectivity index (χ2v) is 6.93. The minimum Gasteiger partial charge on any atom is -0.346 e. The third-order valence-corrected chi connectivity index (χ3v) is 4.32. The van der Waals surface area contributed by atoms with Crippen LogP contribution in [0.3, 0.4) is 0 Å². The molecule has 1 N–H and O–H groups in total. The van der Waals surface area contributed by atoms with Crippen molar-refractivity contribution in [3.8, 4) is 0 Å². The Labute approximate surface area is 105 Å². The van der Waals surface area contributed by atoms with Gasteiger partial charge in [0.2, 0.25) is 0 Å². The van der Waals surface area contributed by atoms with Crippen molar-refractivity contribution < 1.29 is 0 Å². The lowest BCUT2D eigenvalue weighted by molar-refractivity contribution is 0.257. The summed E-state index contributed by atoms with van der Waals surface area (Å²) in [5.41, 5.74) is 3.10. The smallest absolute Gasteiger partial charge is 0.106 e. The lowest BCUT2D eigenvalue weighted by Gasteiger charge is -2.26. The first-order valence-corrected chi connectivity index (χ1v) is 6.93. The summed E-state index contributed by atoms with van der Waals surface area (Å²) < 4.78 is 0. The Morgan fingerprint density at radius 1 is 1.41 bits per heavy atom. The quantitative estimate of drug-likeness (QED) is 0.829. The molecule has 0 aromatic carbocycles. The zero-order valence-corrected chi connectivity index (χ0v) is 11.9. The first-order chi connectivity index (χ1) is 7.86. The predicted octanol–water partition coefficient (Wildman–Crippen LogP) is 3.76. The highest BCUT2D eigenvalue weighted by Gasteiger charge is 2.24. The van der Waals surface area contributed by atoms with Crippen LogP contribution in [0.25, 0.3) is 0 Å². The van der Waals surface area contributed by atoms with Crippen LogP contribution in [-0.2, 0) is 19.3 Å². The van der Waals surface area contributed by atoms with Gasteiger partial charge in [0.15, 0.2) is 0 Å². The zero-order chi connectivity index (χ0) is 12.6. The maximum atomic E-state index is 4.78. The summed E-state index contributed by atoms with van der Waals surface area (Å²) in [6.45, 7) is 11.6. The van der Waals surface area contributed by atoms with Gasteiger partial charge in [-0.15, -0.1) is 0 Å². The molecule has 0 aliphatic heterocycles. The van der Waals surface area contributed by atoms with Crippen LogP contribution in [0.2, 0.25) is 0 Å². The summed E-state index contributed by atoms with van der Waals surface area (Å²) in [4.78, 5) is 8.34. The second kappa shape index (κ2) is 4.47. The van der Waals surface area contributed by atoms with Crippen molar-refractivity contribution in [3.63, 3.8) is 0 Å². The standard InChI is InChI=1S/C15H26N2/c1-10-6-7-12-13(8-10)17-14(16-12)9-11(2)15(3,4)5/h10-11H,6-9H2,1-5H3,(H,16,17). The molecule has 1 aromatic rings. The molecule has 0 radical (unpaired) electrons. The van der Waals surface area contributed by atoms with E-state index in [1.54, 1.807) is 0 Å². The molecular formula is C15H26N2. The van der Waals surface area contributed by atoms with Crippen LogP contribution >= 0.6 is 0 Å². The number of H-pyrrole nitrogens is 1. The fourth-order valence-electron chi connectivity index (χ4n) is 2.41. The van der Waals surface area contributed by atoms with Crippen LogP contribution in [-0.4, -0.2) is 9.97 Å². The van der Waals surface area contributed by atoms with Crippen LogP contribution in [0.4, 0.5) is 0 Å².